The molecular weight excluding hydrogens is 326 g/mol. The monoisotopic (exact) mass is 339 g/mol. The summed E-state index contributed by atoms with van der Waals surface area (Å²) in [5.74, 6) is 0. The van der Waals surface area contributed by atoms with Gasteiger partial charge >= 0.3 is 0 Å². The minimum atomic E-state index is -0.114. The predicted molar refractivity (Wildman–Crippen MR) is 95.5 cm³/mol. The largest absolute Gasteiger partial charge is 0.381 e. The molecule has 24 heavy (non-hydrogen) atoms. The first kappa shape index (κ1) is 14.7. The van der Waals surface area contributed by atoms with Gasteiger partial charge in [0.1, 0.15) is 5.52 Å². The van der Waals surface area contributed by atoms with Gasteiger partial charge in [0.05, 0.1) is 5.52 Å². The number of aromatic amines is 2. The molecule has 0 aliphatic carbocycles. The molecule has 0 unspecified atom stereocenters. The van der Waals surface area contributed by atoms with Gasteiger partial charge in [-0.05, 0) is 48.9 Å². The van der Waals surface area contributed by atoms with Gasteiger partial charge < -0.3 is 10.3 Å². The van der Waals surface area contributed by atoms with Crippen LogP contribution in [0, 0.1) is 6.92 Å². The lowest BCUT2D eigenvalue weighted by atomic mass is 10.1. The number of nitrogens with zero attached hydrogens (tertiary/aromatic N) is 2. The topological polar surface area (TPSA) is 86.5 Å². The number of hydrogen-bond donors (Lipinski definition) is 3. The Balaban J connectivity index is 1.65. The highest BCUT2D eigenvalue weighted by atomic mass is 35.5. The highest BCUT2D eigenvalue weighted by Gasteiger charge is 2.07. The van der Waals surface area contributed by atoms with Crippen molar-refractivity contribution in [2.75, 3.05) is 5.32 Å². The molecule has 7 heteroatoms. The van der Waals surface area contributed by atoms with Gasteiger partial charge in [-0.1, -0.05) is 16.8 Å². The Morgan fingerprint density at radius 3 is 2.96 bits per heavy atom. The second kappa shape index (κ2) is 5.65. The molecule has 6 nitrogen and oxygen atoms in total. The van der Waals surface area contributed by atoms with Crippen molar-refractivity contribution in [3.63, 3.8) is 0 Å². The van der Waals surface area contributed by atoms with Crippen LogP contribution in [0.25, 0.3) is 21.9 Å². The predicted octanol–water partition coefficient (Wildman–Crippen LogP) is 3.37. The van der Waals surface area contributed by atoms with E-state index in [1.165, 1.54) is 0 Å². The number of aromatic nitrogens is 4. The third-order valence-corrected chi connectivity index (χ3v) is 4.24. The molecule has 4 aromatic rings. The first-order valence-corrected chi connectivity index (χ1v) is 7.85. The highest BCUT2D eigenvalue weighted by Crippen LogP contribution is 2.21. The maximum atomic E-state index is 12.2. The van der Waals surface area contributed by atoms with Crippen molar-refractivity contribution >= 4 is 39.2 Å². The molecule has 120 valence electrons. The zero-order valence-corrected chi connectivity index (χ0v) is 13.6. The number of pyridine rings is 1. The molecule has 0 radical (unpaired) electrons. The number of H-pyrrole nitrogens is 2. The fraction of sp³-hybridized carbons (Fsp3) is 0.118. The van der Waals surface area contributed by atoms with E-state index < -0.39 is 0 Å². The maximum Gasteiger partial charge on any atom is 0.253 e. The van der Waals surface area contributed by atoms with Gasteiger partial charge in [0.15, 0.2) is 0 Å². The van der Waals surface area contributed by atoms with Crippen LogP contribution in [0.4, 0.5) is 5.69 Å². The van der Waals surface area contributed by atoms with E-state index in [-0.39, 0.29) is 5.56 Å². The standard InChI is InChI=1S/C17H14ClN5O/c1-9-4-13(7-15-16(9)22-23-21-15)19-8-11-5-10-6-12(18)2-3-14(10)20-17(11)24/h2-7,19H,8H2,1H3,(H,20,24)(H,21,22,23). The van der Waals surface area contributed by atoms with Crippen LogP contribution in [0.3, 0.4) is 0 Å². The van der Waals surface area contributed by atoms with Crippen molar-refractivity contribution in [3.8, 4) is 0 Å². The number of nitrogens with one attached hydrogen (secondary N) is 3. The van der Waals surface area contributed by atoms with Gasteiger partial charge in [-0.25, -0.2) is 0 Å². The molecular formula is C17H14ClN5O. The number of rotatable bonds is 3. The van der Waals surface area contributed by atoms with Crippen molar-refractivity contribution in [2.24, 2.45) is 0 Å². The zero-order chi connectivity index (χ0) is 16.7. The number of fused-ring (bicyclic) bond motifs is 2. The van der Waals surface area contributed by atoms with Gasteiger partial charge in [-0.3, -0.25) is 9.89 Å². The third kappa shape index (κ3) is 2.61. The molecule has 0 aliphatic rings. The average Bonchev–Trinajstić information content (AvgIpc) is 3.02. The van der Waals surface area contributed by atoms with E-state index >= 15 is 0 Å². The van der Waals surface area contributed by atoms with E-state index in [1.807, 2.05) is 31.2 Å². The summed E-state index contributed by atoms with van der Waals surface area (Å²) in [6.07, 6.45) is 0. The van der Waals surface area contributed by atoms with Crippen LogP contribution in [0.2, 0.25) is 5.02 Å². The lowest BCUT2D eigenvalue weighted by molar-refractivity contribution is 0.958. The summed E-state index contributed by atoms with van der Waals surface area (Å²) in [6, 6.07) is 11.1. The quantitative estimate of drug-likeness (QED) is 0.534. The van der Waals surface area contributed by atoms with Gasteiger partial charge in [-0.15, -0.1) is 5.10 Å². The molecule has 2 aromatic carbocycles. The summed E-state index contributed by atoms with van der Waals surface area (Å²) in [5.41, 5.74) is 4.93. The fourth-order valence-electron chi connectivity index (χ4n) is 2.78. The molecule has 2 heterocycles. The van der Waals surface area contributed by atoms with Gasteiger partial charge in [-0.2, -0.15) is 0 Å². The van der Waals surface area contributed by atoms with E-state index in [1.54, 1.807) is 12.1 Å². The Kier molecular flexibility index (Phi) is 3.46. The van der Waals surface area contributed by atoms with E-state index in [2.05, 4.69) is 25.7 Å². The Bertz CT molecular complexity index is 1120. The zero-order valence-electron chi connectivity index (χ0n) is 12.9. The van der Waals surface area contributed by atoms with Crippen LogP contribution in [0.15, 0.2) is 41.2 Å². The molecule has 0 spiro atoms. The summed E-state index contributed by atoms with van der Waals surface area (Å²) in [4.78, 5) is 15.1. The minimum absolute atomic E-state index is 0.114. The summed E-state index contributed by atoms with van der Waals surface area (Å²) in [7, 11) is 0. The number of hydrogen-bond acceptors (Lipinski definition) is 4. The molecule has 0 fully saturated rings. The van der Waals surface area contributed by atoms with E-state index in [9.17, 15) is 4.79 Å². The summed E-state index contributed by atoms with van der Waals surface area (Å²) >= 11 is 6.02. The Morgan fingerprint density at radius 2 is 2.08 bits per heavy atom. The number of aryl methyl sites for hydroxylation is 1. The molecule has 0 amide bonds. The molecule has 4 rings (SSSR count). The lowest BCUT2D eigenvalue weighted by Gasteiger charge is -2.08. The van der Waals surface area contributed by atoms with Crippen LogP contribution in [0.5, 0.6) is 0 Å². The molecule has 0 saturated heterocycles. The SMILES string of the molecule is Cc1cc(NCc2cc3cc(Cl)ccc3[nH]c2=O)cc2nn[nH]c12. The molecule has 2 aromatic heterocycles. The Labute approximate surface area is 141 Å². The minimum Gasteiger partial charge on any atom is -0.381 e. The second-order valence-corrected chi connectivity index (χ2v) is 6.14. The molecule has 0 atom stereocenters. The second-order valence-electron chi connectivity index (χ2n) is 5.71. The van der Waals surface area contributed by atoms with E-state index in [4.69, 9.17) is 11.6 Å². The average molecular weight is 340 g/mol. The normalized spacial score (nSPS) is 11.2. The molecule has 0 bridgehead atoms. The van der Waals surface area contributed by atoms with Crippen LogP contribution >= 0.6 is 11.6 Å². The summed E-state index contributed by atoms with van der Waals surface area (Å²) < 4.78 is 0. The van der Waals surface area contributed by atoms with Crippen LogP contribution < -0.4 is 10.9 Å². The van der Waals surface area contributed by atoms with E-state index in [0.29, 0.717) is 17.1 Å². The van der Waals surface area contributed by atoms with Crippen LogP contribution in [-0.4, -0.2) is 20.4 Å². The first-order valence-electron chi connectivity index (χ1n) is 7.47. The first-order chi connectivity index (χ1) is 11.6. The highest BCUT2D eigenvalue weighted by molar-refractivity contribution is 6.31. The fourth-order valence-corrected chi connectivity index (χ4v) is 2.96. The van der Waals surface area contributed by atoms with Gasteiger partial charge in [0, 0.05) is 33.7 Å². The van der Waals surface area contributed by atoms with E-state index in [0.717, 1.165) is 33.2 Å². The molecule has 3 N–H and O–H groups in total. The van der Waals surface area contributed by atoms with Crippen molar-refractivity contribution < 1.29 is 0 Å². The summed E-state index contributed by atoms with van der Waals surface area (Å²) in [5, 5.41) is 15.5. The maximum absolute atomic E-state index is 12.2. The third-order valence-electron chi connectivity index (χ3n) is 4.00. The lowest BCUT2D eigenvalue weighted by Crippen LogP contribution is -2.15. The number of anilines is 1. The molecule has 0 saturated carbocycles. The van der Waals surface area contributed by atoms with Crippen molar-refractivity contribution in [1.29, 1.82) is 0 Å². The van der Waals surface area contributed by atoms with Crippen LogP contribution in [0.1, 0.15) is 11.1 Å². The Hall–Kier alpha value is -2.86. The molecule has 0 aliphatic heterocycles. The van der Waals surface area contributed by atoms with Gasteiger partial charge in [0.2, 0.25) is 0 Å². The van der Waals surface area contributed by atoms with Crippen molar-refractivity contribution in [1.82, 2.24) is 20.4 Å². The number of benzene rings is 2. The summed E-state index contributed by atoms with van der Waals surface area (Å²) in [6.45, 7) is 2.39. The smallest absolute Gasteiger partial charge is 0.253 e. The Morgan fingerprint density at radius 1 is 1.21 bits per heavy atom. The van der Waals surface area contributed by atoms with Crippen molar-refractivity contribution in [2.45, 2.75) is 13.5 Å². The van der Waals surface area contributed by atoms with Gasteiger partial charge in [0.25, 0.3) is 5.56 Å². The van der Waals surface area contributed by atoms with Crippen LogP contribution in [-0.2, 0) is 6.54 Å². The van der Waals surface area contributed by atoms with Crippen molar-refractivity contribution in [3.05, 3.63) is 62.9 Å². The number of halogens is 1.